The van der Waals surface area contributed by atoms with Crippen LogP contribution in [0, 0.1) is 0 Å². The Kier molecular flexibility index (Phi) is 8.65. The second-order valence-corrected chi connectivity index (χ2v) is 8.98. The van der Waals surface area contributed by atoms with E-state index in [9.17, 15) is 14.4 Å². The number of carboxylic acids is 1. The predicted molar refractivity (Wildman–Crippen MR) is 130 cm³/mol. The van der Waals surface area contributed by atoms with E-state index >= 15 is 0 Å². The molecule has 2 unspecified atom stereocenters. The van der Waals surface area contributed by atoms with Crippen LogP contribution in [0.25, 0.3) is 11.1 Å². The number of likely N-dealkylation sites (N-methyl/N-ethyl adjacent to an activating group) is 1. The highest BCUT2D eigenvalue weighted by molar-refractivity contribution is 5.86. The van der Waals surface area contributed by atoms with Gasteiger partial charge >= 0.3 is 12.1 Å². The Morgan fingerprint density at radius 1 is 1.00 bits per heavy atom. The van der Waals surface area contributed by atoms with Gasteiger partial charge in [-0.25, -0.2) is 4.79 Å². The maximum Gasteiger partial charge on any atom is 0.407 e. The van der Waals surface area contributed by atoms with Crippen LogP contribution in [-0.4, -0.2) is 67.3 Å². The third kappa shape index (κ3) is 6.57. The van der Waals surface area contributed by atoms with Crippen LogP contribution in [0.3, 0.4) is 0 Å². The maximum absolute atomic E-state index is 12.8. The number of carboxylic acid groups (broad SMARTS) is 1. The number of hydrogen-bond donors (Lipinski definition) is 3. The van der Waals surface area contributed by atoms with Crippen LogP contribution in [0.1, 0.15) is 43.2 Å². The van der Waals surface area contributed by atoms with Crippen molar-refractivity contribution in [1.82, 2.24) is 15.5 Å². The second kappa shape index (κ2) is 11.7. The zero-order chi connectivity index (χ0) is 24.7. The lowest BCUT2D eigenvalue weighted by Crippen LogP contribution is -2.53. The first-order valence-corrected chi connectivity index (χ1v) is 11.5. The number of rotatable bonds is 11. The number of carbonyl (C=O) groups excluding carboxylic acids is 2. The number of ether oxygens (including phenoxy) is 1. The summed E-state index contributed by atoms with van der Waals surface area (Å²) in [4.78, 5) is 37.9. The van der Waals surface area contributed by atoms with Gasteiger partial charge in [-0.3, -0.25) is 9.59 Å². The van der Waals surface area contributed by atoms with Crippen molar-refractivity contribution in [2.24, 2.45) is 0 Å². The summed E-state index contributed by atoms with van der Waals surface area (Å²) in [5, 5.41) is 14.3. The lowest BCUT2D eigenvalue weighted by molar-refractivity contribution is -0.137. The highest BCUT2D eigenvalue weighted by Crippen LogP contribution is 2.44. The summed E-state index contributed by atoms with van der Waals surface area (Å²) in [6.45, 7) is 2.29. The SMILES string of the molecule is CC(CCCC(=O)O)NC(=O)C(CN(C)C)NC(=O)OCC1c2ccccc2-c2ccccc21. The number of nitrogens with one attached hydrogen (secondary N) is 2. The molecule has 0 aliphatic heterocycles. The normalized spacial score (nSPS) is 14.1. The van der Waals surface area contributed by atoms with Crippen molar-refractivity contribution in [3.8, 4) is 11.1 Å². The molecular formula is C26H33N3O5. The number of hydrogen-bond acceptors (Lipinski definition) is 5. The van der Waals surface area contributed by atoms with Gasteiger partial charge in [-0.2, -0.15) is 0 Å². The summed E-state index contributed by atoms with van der Waals surface area (Å²) < 4.78 is 5.58. The third-order valence-corrected chi connectivity index (χ3v) is 5.92. The Bertz CT molecular complexity index is 978. The molecule has 0 spiro atoms. The fourth-order valence-corrected chi connectivity index (χ4v) is 4.32. The van der Waals surface area contributed by atoms with Crippen molar-refractivity contribution in [2.45, 2.75) is 44.2 Å². The van der Waals surface area contributed by atoms with Crippen molar-refractivity contribution in [2.75, 3.05) is 27.2 Å². The van der Waals surface area contributed by atoms with Crippen molar-refractivity contribution in [3.63, 3.8) is 0 Å². The van der Waals surface area contributed by atoms with Gasteiger partial charge in [-0.15, -0.1) is 0 Å². The molecule has 0 bridgehead atoms. The third-order valence-electron chi connectivity index (χ3n) is 5.92. The van der Waals surface area contributed by atoms with E-state index in [0.717, 1.165) is 22.3 Å². The van der Waals surface area contributed by atoms with Crippen LogP contribution in [-0.2, 0) is 14.3 Å². The highest BCUT2D eigenvalue weighted by Gasteiger charge is 2.30. The van der Waals surface area contributed by atoms with Crippen LogP contribution in [0.15, 0.2) is 48.5 Å². The molecule has 2 amide bonds. The van der Waals surface area contributed by atoms with Gasteiger partial charge in [0.2, 0.25) is 5.91 Å². The molecule has 34 heavy (non-hydrogen) atoms. The van der Waals surface area contributed by atoms with Crippen LogP contribution < -0.4 is 10.6 Å². The van der Waals surface area contributed by atoms with Gasteiger partial charge in [-0.1, -0.05) is 48.5 Å². The summed E-state index contributed by atoms with van der Waals surface area (Å²) in [5.41, 5.74) is 4.53. The fraction of sp³-hybridized carbons (Fsp3) is 0.423. The summed E-state index contributed by atoms with van der Waals surface area (Å²) >= 11 is 0. The molecule has 0 saturated carbocycles. The number of alkyl carbamates (subject to hydrolysis) is 1. The Labute approximate surface area is 200 Å². The summed E-state index contributed by atoms with van der Waals surface area (Å²) in [6, 6.07) is 15.2. The molecule has 182 valence electrons. The van der Waals surface area contributed by atoms with Gasteiger partial charge in [0, 0.05) is 24.9 Å². The van der Waals surface area contributed by atoms with E-state index in [1.165, 1.54) is 0 Å². The topological polar surface area (TPSA) is 108 Å². The molecule has 2 aromatic rings. The van der Waals surface area contributed by atoms with Gasteiger partial charge in [0.15, 0.2) is 0 Å². The number of nitrogens with zero attached hydrogens (tertiary/aromatic N) is 1. The molecule has 0 heterocycles. The number of aliphatic carboxylic acids is 1. The second-order valence-electron chi connectivity index (χ2n) is 8.98. The Hall–Kier alpha value is -3.39. The Morgan fingerprint density at radius 2 is 1.59 bits per heavy atom. The first-order valence-electron chi connectivity index (χ1n) is 11.5. The molecule has 1 aliphatic rings. The van der Waals surface area contributed by atoms with E-state index in [0.29, 0.717) is 19.4 Å². The summed E-state index contributed by atoms with van der Waals surface area (Å²) in [7, 11) is 3.63. The average Bonchev–Trinajstić information content (AvgIpc) is 3.10. The molecule has 2 aromatic carbocycles. The largest absolute Gasteiger partial charge is 0.481 e. The molecule has 1 aliphatic carbocycles. The minimum absolute atomic E-state index is 0.0549. The minimum Gasteiger partial charge on any atom is -0.481 e. The molecule has 0 saturated heterocycles. The van der Waals surface area contributed by atoms with Crippen LogP contribution in [0.2, 0.25) is 0 Å². The minimum atomic E-state index is -0.860. The molecule has 8 nitrogen and oxygen atoms in total. The van der Waals surface area contributed by atoms with E-state index in [2.05, 4.69) is 34.9 Å². The smallest absolute Gasteiger partial charge is 0.407 e. The van der Waals surface area contributed by atoms with Crippen LogP contribution >= 0.6 is 0 Å². The molecule has 3 N–H and O–H groups in total. The van der Waals surface area contributed by atoms with E-state index < -0.39 is 18.1 Å². The van der Waals surface area contributed by atoms with E-state index in [1.807, 2.05) is 50.2 Å². The van der Waals surface area contributed by atoms with Gasteiger partial charge in [0.1, 0.15) is 12.6 Å². The number of fused-ring (bicyclic) bond motifs is 3. The van der Waals surface area contributed by atoms with Crippen molar-refractivity contribution >= 4 is 18.0 Å². The van der Waals surface area contributed by atoms with Gasteiger partial charge in [0.05, 0.1) is 0 Å². The van der Waals surface area contributed by atoms with Crippen molar-refractivity contribution in [3.05, 3.63) is 59.7 Å². The van der Waals surface area contributed by atoms with Crippen LogP contribution in [0.4, 0.5) is 4.79 Å². The molecule has 8 heteroatoms. The number of benzene rings is 2. The van der Waals surface area contributed by atoms with E-state index in [-0.39, 0.29) is 30.9 Å². The lowest BCUT2D eigenvalue weighted by atomic mass is 9.98. The zero-order valence-corrected chi connectivity index (χ0v) is 19.9. The van der Waals surface area contributed by atoms with Crippen molar-refractivity contribution < 1.29 is 24.2 Å². The monoisotopic (exact) mass is 467 g/mol. The first-order chi connectivity index (χ1) is 16.3. The molecule has 2 atom stereocenters. The molecule has 0 radical (unpaired) electrons. The molecule has 0 fully saturated rings. The Balaban J connectivity index is 1.59. The number of carbonyl (C=O) groups is 3. The highest BCUT2D eigenvalue weighted by atomic mass is 16.5. The lowest BCUT2D eigenvalue weighted by Gasteiger charge is -2.24. The van der Waals surface area contributed by atoms with Crippen molar-refractivity contribution in [1.29, 1.82) is 0 Å². The molecule has 0 aromatic heterocycles. The van der Waals surface area contributed by atoms with E-state index in [4.69, 9.17) is 9.84 Å². The summed E-state index contributed by atoms with van der Waals surface area (Å²) in [6.07, 6.45) is 0.411. The zero-order valence-electron chi connectivity index (χ0n) is 19.9. The first kappa shape index (κ1) is 25.2. The van der Waals surface area contributed by atoms with Gasteiger partial charge < -0.3 is 25.4 Å². The molecular weight excluding hydrogens is 434 g/mol. The Morgan fingerprint density at radius 3 is 2.15 bits per heavy atom. The van der Waals surface area contributed by atoms with Gasteiger partial charge in [-0.05, 0) is 56.1 Å². The van der Waals surface area contributed by atoms with Gasteiger partial charge in [0.25, 0.3) is 0 Å². The maximum atomic E-state index is 12.8. The summed E-state index contributed by atoms with van der Waals surface area (Å²) in [5.74, 6) is -1.25. The average molecular weight is 468 g/mol. The predicted octanol–water partition coefficient (Wildman–Crippen LogP) is 3.21. The number of amides is 2. The van der Waals surface area contributed by atoms with E-state index in [1.54, 1.807) is 0 Å². The fourth-order valence-electron chi connectivity index (χ4n) is 4.32. The van der Waals surface area contributed by atoms with Crippen LogP contribution in [0.5, 0.6) is 0 Å². The molecule has 3 rings (SSSR count). The standard InChI is InChI=1S/C26H33N3O5/c1-17(9-8-14-24(30)31)27-25(32)23(15-29(2)3)28-26(33)34-16-22-20-12-6-4-10-18(20)19-11-5-7-13-21(19)22/h4-7,10-13,17,22-23H,8-9,14-16H2,1-3H3,(H,27,32)(H,28,33)(H,30,31). The quantitative estimate of drug-likeness (QED) is 0.468.